The topological polar surface area (TPSA) is 38.3 Å². The molecular weight excluding hydrogens is 250 g/mol. The second kappa shape index (κ2) is 5.12. The lowest BCUT2D eigenvalue weighted by atomic mass is 9.95. The molecule has 0 spiro atoms. The average Bonchev–Trinajstić information content (AvgIpc) is 2.74. The highest BCUT2D eigenvalue weighted by Crippen LogP contribution is 2.32. The smallest absolute Gasteiger partial charge is 0.326 e. The molecular formula is C14H16ClNO2. The first-order valence-corrected chi connectivity index (χ1v) is 6.21. The molecule has 96 valence electrons. The molecule has 3 nitrogen and oxygen atoms in total. The van der Waals surface area contributed by atoms with Gasteiger partial charge in [0.15, 0.2) is 0 Å². The highest BCUT2D eigenvalue weighted by atomic mass is 35.5. The fraction of sp³-hybridized carbons (Fsp3) is 0.357. The quantitative estimate of drug-likeness (QED) is 0.670. The highest BCUT2D eigenvalue weighted by Gasteiger charge is 2.44. The van der Waals surface area contributed by atoms with Crippen LogP contribution in [-0.4, -0.2) is 25.2 Å². The number of fused-ring (bicyclic) bond motifs is 1. The summed E-state index contributed by atoms with van der Waals surface area (Å²) in [5.41, 5.74) is 1.56. The maximum Gasteiger partial charge on any atom is 0.326 e. The molecule has 1 N–H and O–H groups in total. The molecule has 1 aliphatic rings. The molecule has 1 aromatic rings. The van der Waals surface area contributed by atoms with Gasteiger partial charge >= 0.3 is 5.97 Å². The largest absolute Gasteiger partial charge is 0.468 e. The molecule has 0 aliphatic heterocycles. The Morgan fingerprint density at radius 1 is 1.56 bits per heavy atom. The Morgan fingerprint density at radius 3 is 2.94 bits per heavy atom. The van der Waals surface area contributed by atoms with E-state index in [2.05, 4.69) is 11.9 Å². The van der Waals surface area contributed by atoms with Gasteiger partial charge in [-0.25, -0.2) is 0 Å². The maximum absolute atomic E-state index is 12.0. The van der Waals surface area contributed by atoms with E-state index in [0.717, 1.165) is 11.1 Å². The van der Waals surface area contributed by atoms with Crippen molar-refractivity contribution in [3.8, 4) is 0 Å². The van der Waals surface area contributed by atoms with Crippen LogP contribution in [0.1, 0.15) is 11.1 Å². The molecule has 1 unspecified atom stereocenters. The second-order valence-corrected chi connectivity index (χ2v) is 4.95. The van der Waals surface area contributed by atoms with Crippen LogP contribution in [0.25, 0.3) is 0 Å². The van der Waals surface area contributed by atoms with Crippen LogP contribution in [0.2, 0.25) is 5.02 Å². The maximum atomic E-state index is 12.0. The van der Waals surface area contributed by atoms with Crippen molar-refractivity contribution in [2.75, 3.05) is 13.7 Å². The molecule has 0 saturated carbocycles. The van der Waals surface area contributed by atoms with Gasteiger partial charge in [0, 0.05) is 24.4 Å². The number of carbonyl (C=O) groups excluding carboxylic acids is 1. The fourth-order valence-electron chi connectivity index (χ4n) is 2.45. The predicted octanol–water partition coefficient (Wildman–Crippen LogP) is 2.13. The van der Waals surface area contributed by atoms with Crippen LogP contribution >= 0.6 is 11.6 Å². The molecule has 1 aliphatic carbocycles. The number of carbonyl (C=O) groups is 1. The van der Waals surface area contributed by atoms with E-state index >= 15 is 0 Å². The summed E-state index contributed by atoms with van der Waals surface area (Å²) in [5.74, 6) is -0.239. The first-order valence-electron chi connectivity index (χ1n) is 5.83. The molecule has 0 amide bonds. The Labute approximate surface area is 112 Å². The SMILES string of the molecule is C=CCNC1(C(=O)OC)Cc2ccc(Cl)cc2C1. The zero-order valence-electron chi connectivity index (χ0n) is 10.3. The summed E-state index contributed by atoms with van der Waals surface area (Å²) in [5, 5.41) is 3.92. The first kappa shape index (κ1) is 13.1. The van der Waals surface area contributed by atoms with Crippen molar-refractivity contribution < 1.29 is 9.53 Å². The van der Waals surface area contributed by atoms with Gasteiger partial charge in [-0.3, -0.25) is 10.1 Å². The van der Waals surface area contributed by atoms with Crippen LogP contribution in [0.3, 0.4) is 0 Å². The Bertz CT molecular complexity index is 487. The Kier molecular flexibility index (Phi) is 3.73. The molecule has 0 saturated heterocycles. The van der Waals surface area contributed by atoms with Crippen molar-refractivity contribution in [2.24, 2.45) is 0 Å². The fourth-order valence-corrected chi connectivity index (χ4v) is 2.64. The van der Waals surface area contributed by atoms with E-state index in [-0.39, 0.29) is 5.97 Å². The van der Waals surface area contributed by atoms with Crippen molar-refractivity contribution in [1.29, 1.82) is 0 Å². The zero-order valence-corrected chi connectivity index (χ0v) is 11.1. The summed E-state index contributed by atoms with van der Waals surface area (Å²) in [6.45, 7) is 4.23. The number of methoxy groups -OCH3 is 1. The molecule has 4 heteroatoms. The van der Waals surface area contributed by atoms with Crippen LogP contribution in [0, 0.1) is 0 Å². The number of esters is 1. The molecule has 1 atom stereocenters. The molecule has 0 bridgehead atoms. The summed E-state index contributed by atoms with van der Waals surface area (Å²) < 4.78 is 4.93. The van der Waals surface area contributed by atoms with Gasteiger partial charge in [-0.15, -0.1) is 6.58 Å². The molecule has 0 aromatic heterocycles. The van der Waals surface area contributed by atoms with E-state index in [4.69, 9.17) is 16.3 Å². The van der Waals surface area contributed by atoms with Crippen molar-refractivity contribution >= 4 is 17.6 Å². The van der Waals surface area contributed by atoms with Gasteiger partial charge in [0.1, 0.15) is 5.54 Å². The zero-order chi connectivity index (χ0) is 13.2. The average molecular weight is 266 g/mol. The van der Waals surface area contributed by atoms with Crippen LogP contribution in [0.4, 0.5) is 0 Å². The van der Waals surface area contributed by atoms with Gasteiger partial charge in [-0.05, 0) is 23.3 Å². The lowest BCUT2D eigenvalue weighted by Crippen LogP contribution is -2.53. The first-order chi connectivity index (χ1) is 8.61. The lowest BCUT2D eigenvalue weighted by molar-refractivity contribution is -0.148. The summed E-state index contributed by atoms with van der Waals surface area (Å²) >= 11 is 5.98. The number of ether oxygens (including phenoxy) is 1. The third-order valence-corrected chi connectivity index (χ3v) is 3.55. The van der Waals surface area contributed by atoms with Gasteiger partial charge < -0.3 is 4.74 Å². The summed E-state index contributed by atoms with van der Waals surface area (Å²) in [6, 6.07) is 5.73. The number of rotatable bonds is 4. The molecule has 18 heavy (non-hydrogen) atoms. The van der Waals surface area contributed by atoms with Crippen LogP contribution in [0.5, 0.6) is 0 Å². The van der Waals surface area contributed by atoms with E-state index in [1.165, 1.54) is 7.11 Å². The Balaban J connectivity index is 2.30. The van der Waals surface area contributed by atoms with E-state index in [1.807, 2.05) is 18.2 Å². The van der Waals surface area contributed by atoms with E-state index in [0.29, 0.717) is 24.4 Å². The minimum atomic E-state index is -0.685. The van der Waals surface area contributed by atoms with Crippen LogP contribution < -0.4 is 5.32 Å². The second-order valence-electron chi connectivity index (χ2n) is 4.51. The standard InChI is InChI=1S/C14H16ClNO2/c1-3-6-16-14(13(17)18-2)8-10-4-5-12(15)7-11(10)9-14/h3-5,7,16H,1,6,8-9H2,2H3. The van der Waals surface area contributed by atoms with Gasteiger partial charge in [-0.2, -0.15) is 0 Å². The van der Waals surface area contributed by atoms with E-state index in [9.17, 15) is 4.79 Å². The highest BCUT2D eigenvalue weighted by molar-refractivity contribution is 6.30. The summed E-state index contributed by atoms with van der Waals surface area (Å²) in [7, 11) is 1.41. The van der Waals surface area contributed by atoms with Crippen molar-refractivity contribution in [1.82, 2.24) is 5.32 Å². The molecule has 0 fully saturated rings. The molecule has 2 rings (SSSR count). The number of nitrogens with one attached hydrogen (secondary N) is 1. The molecule has 0 heterocycles. The van der Waals surface area contributed by atoms with Crippen molar-refractivity contribution in [3.05, 3.63) is 47.0 Å². The van der Waals surface area contributed by atoms with Crippen molar-refractivity contribution in [2.45, 2.75) is 18.4 Å². The molecule has 1 aromatic carbocycles. The normalized spacial score (nSPS) is 21.4. The summed E-state index contributed by atoms with van der Waals surface area (Å²) in [6.07, 6.45) is 2.96. The van der Waals surface area contributed by atoms with Crippen LogP contribution in [0.15, 0.2) is 30.9 Å². The Morgan fingerprint density at radius 2 is 2.28 bits per heavy atom. The number of hydrogen-bond donors (Lipinski definition) is 1. The van der Waals surface area contributed by atoms with E-state index < -0.39 is 5.54 Å². The minimum Gasteiger partial charge on any atom is -0.468 e. The van der Waals surface area contributed by atoms with Gasteiger partial charge in [0.2, 0.25) is 0 Å². The third kappa shape index (κ3) is 2.28. The van der Waals surface area contributed by atoms with Crippen molar-refractivity contribution in [3.63, 3.8) is 0 Å². The summed E-state index contributed by atoms with van der Waals surface area (Å²) in [4.78, 5) is 12.0. The number of hydrogen-bond acceptors (Lipinski definition) is 3. The van der Waals surface area contributed by atoms with Crippen LogP contribution in [-0.2, 0) is 22.4 Å². The van der Waals surface area contributed by atoms with Gasteiger partial charge in [-0.1, -0.05) is 23.7 Å². The predicted molar refractivity (Wildman–Crippen MR) is 71.8 cm³/mol. The number of benzene rings is 1. The third-order valence-electron chi connectivity index (χ3n) is 3.31. The van der Waals surface area contributed by atoms with Gasteiger partial charge in [0.25, 0.3) is 0 Å². The minimum absolute atomic E-state index is 0.239. The lowest BCUT2D eigenvalue weighted by Gasteiger charge is -2.26. The van der Waals surface area contributed by atoms with E-state index in [1.54, 1.807) is 6.08 Å². The van der Waals surface area contributed by atoms with Gasteiger partial charge in [0.05, 0.1) is 7.11 Å². The number of halogens is 1. The molecule has 0 radical (unpaired) electrons. The monoisotopic (exact) mass is 265 g/mol. The Hall–Kier alpha value is -1.32.